The van der Waals surface area contributed by atoms with Gasteiger partial charge in [0.1, 0.15) is 23.9 Å². The average Bonchev–Trinajstić information content (AvgIpc) is 2.86. The van der Waals surface area contributed by atoms with E-state index in [4.69, 9.17) is 15.8 Å². The van der Waals surface area contributed by atoms with Gasteiger partial charge in [0.2, 0.25) is 0 Å². The fourth-order valence-corrected chi connectivity index (χ4v) is 2.39. The number of allylic oxidation sites excluding steroid dienone is 2. The first-order valence-electron chi connectivity index (χ1n) is 6.03. The normalized spacial score (nSPS) is 11.7. The summed E-state index contributed by atoms with van der Waals surface area (Å²) in [7, 11) is 0. The lowest BCUT2D eigenvalue weighted by Gasteiger charge is -2.12. The van der Waals surface area contributed by atoms with Gasteiger partial charge in [-0.2, -0.15) is 15.8 Å². The highest BCUT2D eigenvalue weighted by Gasteiger charge is 2.17. The number of aryl methyl sites for hydroxylation is 2. The first-order valence-corrected chi connectivity index (χ1v) is 6.03. The van der Waals surface area contributed by atoms with E-state index in [0.29, 0.717) is 0 Å². The van der Waals surface area contributed by atoms with Crippen molar-refractivity contribution in [3.05, 3.63) is 40.1 Å². The molecule has 92 valence electrons. The first kappa shape index (κ1) is 12.7. The summed E-state index contributed by atoms with van der Waals surface area (Å²) in [5, 5.41) is 29.7. The molecule has 4 nitrogen and oxygen atoms in total. The molecule has 0 spiro atoms. The van der Waals surface area contributed by atoms with Gasteiger partial charge in [-0.1, -0.05) is 6.07 Å². The minimum atomic E-state index is -0.184. The van der Waals surface area contributed by atoms with Gasteiger partial charge in [0, 0.05) is 5.69 Å². The lowest BCUT2D eigenvalue weighted by molar-refractivity contribution is 0.912. The lowest BCUT2D eigenvalue weighted by Crippen LogP contribution is -2.04. The van der Waals surface area contributed by atoms with E-state index in [0.717, 1.165) is 30.5 Å². The molecule has 0 unspecified atom stereocenters. The minimum Gasteiger partial charge on any atom is -0.345 e. The quantitative estimate of drug-likeness (QED) is 0.815. The second kappa shape index (κ2) is 5.25. The van der Waals surface area contributed by atoms with Crippen LogP contribution in [0.25, 0.3) is 0 Å². The van der Waals surface area contributed by atoms with Crippen molar-refractivity contribution in [2.24, 2.45) is 0 Å². The monoisotopic (exact) mass is 248 g/mol. The van der Waals surface area contributed by atoms with Crippen LogP contribution in [0.15, 0.2) is 23.4 Å². The van der Waals surface area contributed by atoms with Crippen LogP contribution in [0.1, 0.15) is 23.1 Å². The average molecular weight is 248 g/mol. The molecule has 1 aliphatic rings. The summed E-state index contributed by atoms with van der Waals surface area (Å²) in [6.45, 7) is 2.00. The van der Waals surface area contributed by atoms with E-state index in [2.05, 4.69) is 11.4 Å². The van der Waals surface area contributed by atoms with E-state index in [9.17, 15) is 0 Å². The summed E-state index contributed by atoms with van der Waals surface area (Å²) >= 11 is 0. The van der Waals surface area contributed by atoms with Crippen molar-refractivity contribution in [1.82, 2.24) is 0 Å². The van der Waals surface area contributed by atoms with Crippen molar-refractivity contribution in [1.29, 1.82) is 15.8 Å². The maximum atomic E-state index is 9.07. The summed E-state index contributed by atoms with van der Waals surface area (Å²) in [4.78, 5) is 0. The maximum Gasteiger partial charge on any atom is 0.163 e. The standard InChI is InChI=1S/C15H12N4/c1-10-5-11-3-2-4-13(11)14(6-10)19-15(9-18)12(7-16)8-17/h5-6,19H,2-4H2,1H3. The summed E-state index contributed by atoms with van der Waals surface area (Å²) < 4.78 is 0. The zero-order valence-corrected chi connectivity index (χ0v) is 10.6. The Morgan fingerprint density at radius 1 is 1.11 bits per heavy atom. The molecule has 0 atom stereocenters. The zero-order chi connectivity index (χ0) is 13.8. The molecule has 19 heavy (non-hydrogen) atoms. The Morgan fingerprint density at radius 3 is 2.47 bits per heavy atom. The van der Waals surface area contributed by atoms with Gasteiger partial charge in [0.05, 0.1) is 0 Å². The predicted octanol–water partition coefficient (Wildman–Crippen LogP) is 2.72. The van der Waals surface area contributed by atoms with Crippen molar-refractivity contribution in [2.75, 3.05) is 5.32 Å². The molecular weight excluding hydrogens is 236 g/mol. The summed E-state index contributed by atoms with van der Waals surface area (Å²) in [5.74, 6) is 0. The van der Waals surface area contributed by atoms with E-state index in [-0.39, 0.29) is 11.3 Å². The molecule has 0 radical (unpaired) electrons. The highest BCUT2D eigenvalue weighted by Crippen LogP contribution is 2.31. The number of nitrogens with one attached hydrogen (secondary N) is 1. The van der Waals surface area contributed by atoms with Crippen molar-refractivity contribution in [3.63, 3.8) is 0 Å². The number of nitrogens with zero attached hydrogens (tertiary/aromatic N) is 3. The molecule has 0 bridgehead atoms. The summed E-state index contributed by atoms with van der Waals surface area (Å²) in [6.07, 6.45) is 3.11. The van der Waals surface area contributed by atoms with Gasteiger partial charge in [-0.25, -0.2) is 0 Å². The molecule has 1 aromatic carbocycles. The van der Waals surface area contributed by atoms with Crippen LogP contribution >= 0.6 is 0 Å². The number of fused-ring (bicyclic) bond motifs is 1. The van der Waals surface area contributed by atoms with Crippen molar-refractivity contribution < 1.29 is 0 Å². The Kier molecular flexibility index (Phi) is 3.51. The Bertz CT molecular complexity index is 662. The molecule has 0 aliphatic heterocycles. The Balaban J connectivity index is 2.46. The van der Waals surface area contributed by atoms with Crippen LogP contribution in [0.4, 0.5) is 5.69 Å². The van der Waals surface area contributed by atoms with Crippen LogP contribution in [0, 0.1) is 40.9 Å². The van der Waals surface area contributed by atoms with Gasteiger partial charge in [-0.3, -0.25) is 0 Å². The van der Waals surface area contributed by atoms with Crippen LogP contribution in [-0.4, -0.2) is 0 Å². The fourth-order valence-electron chi connectivity index (χ4n) is 2.39. The molecule has 1 aromatic rings. The van der Waals surface area contributed by atoms with Crippen LogP contribution in [0.3, 0.4) is 0 Å². The summed E-state index contributed by atoms with van der Waals surface area (Å²) in [5.41, 5.74) is 4.26. The third kappa shape index (κ3) is 2.41. The molecule has 0 heterocycles. The molecule has 0 saturated heterocycles. The molecule has 0 fully saturated rings. The van der Waals surface area contributed by atoms with E-state index in [1.165, 1.54) is 11.1 Å². The van der Waals surface area contributed by atoms with E-state index < -0.39 is 0 Å². The molecule has 2 rings (SSSR count). The third-order valence-corrected chi connectivity index (χ3v) is 3.20. The van der Waals surface area contributed by atoms with E-state index in [1.54, 1.807) is 12.1 Å². The van der Waals surface area contributed by atoms with Crippen molar-refractivity contribution in [3.8, 4) is 18.2 Å². The first-order chi connectivity index (χ1) is 9.19. The van der Waals surface area contributed by atoms with Gasteiger partial charge < -0.3 is 5.32 Å². The topological polar surface area (TPSA) is 83.4 Å². The number of benzene rings is 1. The van der Waals surface area contributed by atoms with Crippen LogP contribution in [0.2, 0.25) is 0 Å². The molecule has 0 aromatic heterocycles. The Hall–Kier alpha value is -2.77. The van der Waals surface area contributed by atoms with Crippen molar-refractivity contribution in [2.45, 2.75) is 26.2 Å². The number of nitriles is 3. The number of anilines is 1. The molecular formula is C15H12N4. The fraction of sp³-hybridized carbons (Fsp3) is 0.267. The number of rotatable bonds is 2. The van der Waals surface area contributed by atoms with Gasteiger partial charge in [0.15, 0.2) is 5.57 Å². The van der Waals surface area contributed by atoms with Gasteiger partial charge in [-0.05, 0) is 48.9 Å². The summed E-state index contributed by atoms with van der Waals surface area (Å²) in [6, 6.07) is 9.47. The van der Waals surface area contributed by atoms with Crippen molar-refractivity contribution >= 4 is 5.69 Å². The van der Waals surface area contributed by atoms with Crippen LogP contribution in [-0.2, 0) is 12.8 Å². The smallest absolute Gasteiger partial charge is 0.163 e. The number of hydrogen-bond donors (Lipinski definition) is 1. The van der Waals surface area contributed by atoms with E-state index >= 15 is 0 Å². The predicted molar refractivity (Wildman–Crippen MR) is 70.7 cm³/mol. The Morgan fingerprint density at radius 2 is 1.84 bits per heavy atom. The second-order valence-corrected chi connectivity index (χ2v) is 4.51. The SMILES string of the molecule is Cc1cc2c(c(NC(C#N)=C(C#N)C#N)c1)CCC2. The molecule has 0 saturated carbocycles. The largest absolute Gasteiger partial charge is 0.345 e. The molecule has 1 aliphatic carbocycles. The van der Waals surface area contributed by atoms with Crippen LogP contribution in [0.5, 0.6) is 0 Å². The van der Waals surface area contributed by atoms with Gasteiger partial charge >= 0.3 is 0 Å². The maximum absolute atomic E-state index is 9.07. The second-order valence-electron chi connectivity index (χ2n) is 4.51. The highest BCUT2D eigenvalue weighted by atomic mass is 14.9. The van der Waals surface area contributed by atoms with Gasteiger partial charge in [-0.15, -0.1) is 0 Å². The Labute approximate surface area is 112 Å². The minimum absolute atomic E-state index is 0.0182. The van der Waals surface area contributed by atoms with E-state index in [1.807, 2.05) is 19.1 Å². The molecule has 4 heteroatoms. The highest BCUT2D eigenvalue weighted by molar-refractivity contribution is 5.65. The molecule has 1 N–H and O–H groups in total. The number of hydrogen-bond acceptors (Lipinski definition) is 4. The lowest BCUT2D eigenvalue weighted by atomic mass is 10.0. The van der Waals surface area contributed by atoms with Gasteiger partial charge in [0.25, 0.3) is 0 Å². The zero-order valence-electron chi connectivity index (χ0n) is 10.6. The third-order valence-electron chi connectivity index (χ3n) is 3.20. The molecule has 0 amide bonds. The van der Waals surface area contributed by atoms with Crippen LogP contribution < -0.4 is 5.32 Å².